The van der Waals surface area contributed by atoms with Crippen LogP contribution in [0.15, 0.2) is 0 Å². The summed E-state index contributed by atoms with van der Waals surface area (Å²) in [7, 11) is 1.50. The van der Waals surface area contributed by atoms with Gasteiger partial charge in [0.25, 0.3) is 0 Å². The van der Waals surface area contributed by atoms with Crippen LogP contribution in [0.1, 0.15) is 13.8 Å². The van der Waals surface area contributed by atoms with Crippen LogP contribution in [0.3, 0.4) is 0 Å². The molecule has 0 spiro atoms. The van der Waals surface area contributed by atoms with E-state index in [1.165, 1.54) is 7.11 Å². The molecule has 0 aromatic rings. The molecule has 0 fully saturated rings. The van der Waals surface area contributed by atoms with Gasteiger partial charge >= 0.3 is 6.03 Å². The molecule has 5 nitrogen and oxygen atoms in total. The van der Waals surface area contributed by atoms with Gasteiger partial charge in [0.15, 0.2) is 0 Å². The van der Waals surface area contributed by atoms with E-state index < -0.39 is 6.10 Å². The predicted molar refractivity (Wildman–Crippen MR) is 54.1 cm³/mol. The van der Waals surface area contributed by atoms with Gasteiger partial charge in [-0.05, 0) is 5.92 Å². The minimum absolute atomic E-state index is 0.206. The average Bonchev–Trinajstić information content (AvgIpc) is 2.12. The zero-order valence-corrected chi connectivity index (χ0v) is 9.04. The molecule has 0 bridgehead atoms. The Balaban J connectivity index is 3.43. The SMILES string of the molecule is COCC(O)CNC(=O)NCC(C)C. The van der Waals surface area contributed by atoms with Crippen LogP contribution >= 0.6 is 0 Å². The van der Waals surface area contributed by atoms with Gasteiger partial charge in [-0.2, -0.15) is 0 Å². The lowest BCUT2D eigenvalue weighted by Crippen LogP contribution is -2.42. The van der Waals surface area contributed by atoms with Crippen molar-refractivity contribution < 1.29 is 14.6 Å². The highest BCUT2D eigenvalue weighted by atomic mass is 16.5. The van der Waals surface area contributed by atoms with Crippen LogP contribution < -0.4 is 10.6 Å². The fourth-order valence-corrected chi connectivity index (χ4v) is 0.821. The summed E-state index contributed by atoms with van der Waals surface area (Å²) in [6.45, 7) is 5.09. The summed E-state index contributed by atoms with van der Waals surface area (Å²) < 4.78 is 4.71. The summed E-state index contributed by atoms with van der Waals surface area (Å²) in [5.74, 6) is 0.421. The molecule has 0 rings (SSSR count). The zero-order valence-electron chi connectivity index (χ0n) is 9.04. The normalized spacial score (nSPS) is 12.6. The molecule has 14 heavy (non-hydrogen) atoms. The molecule has 0 aliphatic carbocycles. The lowest BCUT2D eigenvalue weighted by molar-refractivity contribution is 0.0659. The second kappa shape index (κ2) is 7.58. The highest BCUT2D eigenvalue weighted by Gasteiger charge is 2.05. The quantitative estimate of drug-likeness (QED) is 0.568. The summed E-state index contributed by atoms with van der Waals surface area (Å²) in [6, 6.07) is -0.256. The van der Waals surface area contributed by atoms with Gasteiger partial charge in [0.1, 0.15) is 0 Å². The van der Waals surface area contributed by atoms with Gasteiger partial charge in [0, 0.05) is 20.2 Å². The number of urea groups is 1. The van der Waals surface area contributed by atoms with E-state index in [0.29, 0.717) is 12.5 Å². The highest BCUT2D eigenvalue weighted by Crippen LogP contribution is 1.86. The Morgan fingerprint density at radius 3 is 2.43 bits per heavy atom. The summed E-state index contributed by atoms with van der Waals surface area (Å²) in [5, 5.41) is 14.4. The van der Waals surface area contributed by atoms with Crippen molar-refractivity contribution in [2.45, 2.75) is 20.0 Å². The largest absolute Gasteiger partial charge is 0.389 e. The van der Waals surface area contributed by atoms with Crippen molar-refractivity contribution in [1.82, 2.24) is 10.6 Å². The summed E-state index contributed by atoms with van der Waals surface area (Å²) in [5.41, 5.74) is 0. The first-order valence-corrected chi connectivity index (χ1v) is 4.75. The number of nitrogens with one attached hydrogen (secondary N) is 2. The van der Waals surface area contributed by atoms with E-state index in [9.17, 15) is 9.90 Å². The third kappa shape index (κ3) is 7.82. The molecular weight excluding hydrogens is 184 g/mol. The van der Waals surface area contributed by atoms with Crippen molar-refractivity contribution in [3.8, 4) is 0 Å². The topological polar surface area (TPSA) is 70.6 Å². The van der Waals surface area contributed by atoms with E-state index in [4.69, 9.17) is 4.74 Å². The van der Waals surface area contributed by atoms with E-state index in [2.05, 4.69) is 10.6 Å². The maximum absolute atomic E-state index is 11.1. The number of aliphatic hydroxyl groups is 1. The number of rotatable bonds is 6. The van der Waals surface area contributed by atoms with Crippen LogP contribution in [-0.4, -0.2) is 44.0 Å². The molecule has 3 N–H and O–H groups in total. The Labute approximate surface area is 84.8 Å². The Kier molecular flexibility index (Phi) is 7.14. The van der Waals surface area contributed by atoms with Crippen LogP contribution in [0.25, 0.3) is 0 Å². The zero-order chi connectivity index (χ0) is 11.0. The van der Waals surface area contributed by atoms with Gasteiger partial charge in [-0.25, -0.2) is 4.79 Å². The van der Waals surface area contributed by atoms with Gasteiger partial charge in [0.2, 0.25) is 0 Å². The van der Waals surface area contributed by atoms with Gasteiger partial charge in [0.05, 0.1) is 12.7 Å². The van der Waals surface area contributed by atoms with Crippen LogP contribution in [0.5, 0.6) is 0 Å². The number of methoxy groups -OCH3 is 1. The first kappa shape index (κ1) is 13.2. The summed E-state index contributed by atoms with van der Waals surface area (Å²) in [4.78, 5) is 11.1. The van der Waals surface area contributed by atoms with Crippen molar-refractivity contribution in [2.75, 3.05) is 26.8 Å². The molecule has 1 unspecified atom stereocenters. The number of aliphatic hydroxyl groups excluding tert-OH is 1. The predicted octanol–water partition coefficient (Wildman–Crippen LogP) is -0.0511. The monoisotopic (exact) mass is 204 g/mol. The third-order valence-corrected chi connectivity index (χ3v) is 1.53. The van der Waals surface area contributed by atoms with Crippen molar-refractivity contribution in [3.05, 3.63) is 0 Å². The number of amides is 2. The molecule has 0 aliphatic rings. The molecule has 84 valence electrons. The van der Waals surface area contributed by atoms with Gasteiger partial charge in [-0.3, -0.25) is 0 Å². The first-order valence-electron chi connectivity index (χ1n) is 4.75. The fraction of sp³-hybridized carbons (Fsp3) is 0.889. The Morgan fingerprint density at radius 1 is 1.36 bits per heavy atom. The maximum atomic E-state index is 11.1. The second-order valence-corrected chi connectivity index (χ2v) is 3.59. The van der Waals surface area contributed by atoms with E-state index in [-0.39, 0.29) is 19.2 Å². The molecule has 5 heteroatoms. The molecule has 0 saturated heterocycles. The number of ether oxygens (including phenoxy) is 1. The summed E-state index contributed by atoms with van der Waals surface area (Å²) >= 11 is 0. The second-order valence-electron chi connectivity index (χ2n) is 3.59. The number of carbonyl (C=O) groups excluding carboxylic acids is 1. The first-order chi connectivity index (χ1) is 6.56. The average molecular weight is 204 g/mol. The number of carbonyl (C=O) groups is 1. The fourth-order valence-electron chi connectivity index (χ4n) is 0.821. The number of hydrogen-bond donors (Lipinski definition) is 3. The van der Waals surface area contributed by atoms with Crippen molar-refractivity contribution >= 4 is 6.03 Å². The van der Waals surface area contributed by atoms with Crippen LogP contribution in [0.4, 0.5) is 4.79 Å². The molecule has 0 saturated carbocycles. The molecule has 2 amide bonds. The van der Waals surface area contributed by atoms with Crippen molar-refractivity contribution in [2.24, 2.45) is 5.92 Å². The van der Waals surface area contributed by atoms with Crippen molar-refractivity contribution in [3.63, 3.8) is 0 Å². The molecule has 0 aliphatic heterocycles. The van der Waals surface area contributed by atoms with Gasteiger partial charge in [-0.15, -0.1) is 0 Å². The minimum Gasteiger partial charge on any atom is -0.389 e. The summed E-state index contributed by atoms with van der Waals surface area (Å²) in [6.07, 6.45) is -0.648. The molecule has 0 radical (unpaired) electrons. The Hall–Kier alpha value is -0.810. The lowest BCUT2D eigenvalue weighted by atomic mass is 10.2. The van der Waals surface area contributed by atoms with Gasteiger partial charge < -0.3 is 20.5 Å². The molecule has 1 atom stereocenters. The molecule has 0 heterocycles. The molecule has 0 aromatic heterocycles. The van der Waals surface area contributed by atoms with Gasteiger partial charge in [-0.1, -0.05) is 13.8 Å². The van der Waals surface area contributed by atoms with E-state index >= 15 is 0 Å². The van der Waals surface area contributed by atoms with E-state index in [1.807, 2.05) is 13.8 Å². The van der Waals surface area contributed by atoms with Crippen LogP contribution in [-0.2, 0) is 4.74 Å². The smallest absolute Gasteiger partial charge is 0.314 e. The van der Waals surface area contributed by atoms with Crippen LogP contribution in [0.2, 0.25) is 0 Å². The third-order valence-electron chi connectivity index (χ3n) is 1.53. The van der Waals surface area contributed by atoms with Crippen LogP contribution in [0, 0.1) is 5.92 Å². The standard InChI is InChI=1S/C9H20N2O3/c1-7(2)4-10-9(13)11-5-8(12)6-14-3/h7-8,12H,4-6H2,1-3H3,(H2,10,11,13). The minimum atomic E-state index is -0.648. The maximum Gasteiger partial charge on any atom is 0.314 e. The number of hydrogen-bond acceptors (Lipinski definition) is 3. The lowest BCUT2D eigenvalue weighted by Gasteiger charge is -2.12. The van der Waals surface area contributed by atoms with E-state index in [0.717, 1.165) is 0 Å². The van der Waals surface area contributed by atoms with E-state index in [1.54, 1.807) is 0 Å². The molecule has 0 aromatic carbocycles. The highest BCUT2D eigenvalue weighted by molar-refractivity contribution is 5.73. The molecular formula is C9H20N2O3. The van der Waals surface area contributed by atoms with Crippen molar-refractivity contribution in [1.29, 1.82) is 0 Å². The Bertz CT molecular complexity index is 162. The Morgan fingerprint density at radius 2 is 1.93 bits per heavy atom.